The molecule has 0 saturated carbocycles. The van der Waals surface area contributed by atoms with Crippen molar-refractivity contribution >= 4 is 0 Å². The fraction of sp³-hybridized carbons (Fsp3) is 0.647. The summed E-state index contributed by atoms with van der Waals surface area (Å²) in [6.07, 6.45) is 5.37. The van der Waals surface area contributed by atoms with Crippen LogP contribution in [-0.4, -0.2) is 37.2 Å². The maximum Gasteiger partial charge on any atom is 0.118 e. The van der Waals surface area contributed by atoms with E-state index < -0.39 is 0 Å². The zero-order chi connectivity index (χ0) is 14.1. The zero-order valence-corrected chi connectivity index (χ0v) is 12.8. The molecule has 0 amide bonds. The molecule has 0 spiro atoms. The Balaban J connectivity index is 1.60. The van der Waals surface area contributed by atoms with E-state index in [2.05, 4.69) is 36.3 Å². The second kappa shape index (κ2) is 5.74. The Hall–Kier alpha value is -1.06. The summed E-state index contributed by atoms with van der Waals surface area (Å²) >= 11 is 0. The van der Waals surface area contributed by atoms with Gasteiger partial charge in [-0.25, -0.2) is 0 Å². The van der Waals surface area contributed by atoms with Crippen LogP contribution in [0.3, 0.4) is 0 Å². The number of rotatable bonds is 4. The molecule has 2 bridgehead atoms. The van der Waals surface area contributed by atoms with Gasteiger partial charge < -0.3 is 15.0 Å². The Bertz CT molecular complexity index is 431. The first kappa shape index (κ1) is 13.9. The van der Waals surface area contributed by atoms with E-state index in [1.807, 2.05) is 12.1 Å². The van der Waals surface area contributed by atoms with E-state index in [4.69, 9.17) is 4.74 Å². The Morgan fingerprint density at radius 3 is 2.30 bits per heavy atom. The summed E-state index contributed by atoms with van der Waals surface area (Å²) in [5, 5.41) is 3.83. The van der Waals surface area contributed by atoms with E-state index in [1.165, 1.54) is 31.2 Å². The van der Waals surface area contributed by atoms with Crippen molar-refractivity contribution in [1.29, 1.82) is 0 Å². The minimum atomic E-state index is 0.411. The average Bonchev–Trinajstić information content (AvgIpc) is 2.69. The van der Waals surface area contributed by atoms with Crippen molar-refractivity contribution in [2.45, 2.75) is 56.8 Å². The van der Waals surface area contributed by atoms with E-state index in [9.17, 15) is 0 Å². The van der Waals surface area contributed by atoms with Crippen molar-refractivity contribution in [1.82, 2.24) is 10.2 Å². The first-order valence-electron chi connectivity index (χ1n) is 7.79. The van der Waals surface area contributed by atoms with Gasteiger partial charge in [0.25, 0.3) is 0 Å². The topological polar surface area (TPSA) is 24.5 Å². The van der Waals surface area contributed by atoms with E-state index >= 15 is 0 Å². The summed E-state index contributed by atoms with van der Waals surface area (Å²) in [5.74, 6) is 0.929. The average molecular weight is 274 g/mol. The normalized spacial score (nSPS) is 31.2. The maximum absolute atomic E-state index is 5.22. The number of hydrogen-bond acceptors (Lipinski definition) is 3. The molecular formula is C17H26N2O. The minimum Gasteiger partial charge on any atom is -0.497 e. The second-order valence-corrected chi connectivity index (χ2v) is 6.38. The van der Waals surface area contributed by atoms with Crippen LogP contribution in [0, 0.1) is 0 Å². The molecule has 3 rings (SSSR count). The lowest BCUT2D eigenvalue weighted by Crippen LogP contribution is -2.47. The molecule has 110 valence electrons. The Morgan fingerprint density at radius 2 is 1.75 bits per heavy atom. The van der Waals surface area contributed by atoms with Crippen LogP contribution in [0.5, 0.6) is 5.75 Å². The highest BCUT2D eigenvalue weighted by molar-refractivity contribution is 5.28. The molecule has 3 atom stereocenters. The molecule has 1 N–H and O–H groups in total. The molecule has 0 aromatic heterocycles. The maximum atomic E-state index is 5.22. The SMILES string of the molecule is COc1ccc(C(C)NC2CC3CCC(C2)N3C)cc1. The van der Waals surface area contributed by atoms with Crippen molar-refractivity contribution < 1.29 is 4.74 Å². The van der Waals surface area contributed by atoms with Crippen LogP contribution in [0.15, 0.2) is 24.3 Å². The van der Waals surface area contributed by atoms with Crippen LogP contribution in [0.4, 0.5) is 0 Å². The highest BCUT2D eigenvalue weighted by Gasteiger charge is 2.38. The van der Waals surface area contributed by atoms with Crippen LogP contribution in [-0.2, 0) is 0 Å². The van der Waals surface area contributed by atoms with Crippen molar-refractivity contribution in [2.75, 3.05) is 14.2 Å². The van der Waals surface area contributed by atoms with Crippen LogP contribution in [0.25, 0.3) is 0 Å². The predicted molar refractivity (Wildman–Crippen MR) is 82.1 cm³/mol. The van der Waals surface area contributed by atoms with Crippen molar-refractivity contribution in [3.05, 3.63) is 29.8 Å². The summed E-state index contributed by atoms with van der Waals surface area (Å²) in [5.41, 5.74) is 1.34. The standard InChI is InChI=1S/C17H26N2O/c1-12(13-4-8-17(20-3)9-5-13)18-14-10-15-6-7-16(11-14)19(15)2/h4-5,8-9,12,14-16,18H,6-7,10-11H2,1-3H3. The number of methoxy groups -OCH3 is 1. The molecule has 0 radical (unpaired) electrons. The largest absolute Gasteiger partial charge is 0.497 e. The van der Waals surface area contributed by atoms with Gasteiger partial charge in [0, 0.05) is 24.2 Å². The molecule has 3 heteroatoms. The lowest BCUT2D eigenvalue weighted by Gasteiger charge is -2.38. The van der Waals surface area contributed by atoms with E-state index in [0.29, 0.717) is 12.1 Å². The molecule has 0 aliphatic carbocycles. The van der Waals surface area contributed by atoms with Gasteiger partial charge in [0.2, 0.25) is 0 Å². The van der Waals surface area contributed by atoms with Gasteiger partial charge in [-0.05, 0) is 57.4 Å². The van der Waals surface area contributed by atoms with Gasteiger partial charge >= 0.3 is 0 Å². The Labute approximate surface area is 122 Å². The summed E-state index contributed by atoms with van der Waals surface area (Å²) in [6, 6.07) is 11.1. The molecule has 2 heterocycles. The van der Waals surface area contributed by atoms with Gasteiger partial charge in [-0.1, -0.05) is 12.1 Å². The summed E-state index contributed by atoms with van der Waals surface area (Å²) in [7, 11) is 4.01. The lowest BCUT2D eigenvalue weighted by molar-refractivity contribution is 0.144. The first-order chi connectivity index (χ1) is 9.67. The molecule has 2 aliphatic rings. The van der Waals surface area contributed by atoms with Crippen molar-refractivity contribution in [2.24, 2.45) is 0 Å². The minimum absolute atomic E-state index is 0.411. The summed E-state index contributed by atoms with van der Waals surface area (Å²) < 4.78 is 5.22. The number of ether oxygens (including phenoxy) is 1. The fourth-order valence-corrected chi connectivity index (χ4v) is 3.89. The lowest BCUT2D eigenvalue weighted by atomic mass is 9.96. The highest BCUT2D eigenvalue weighted by Crippen LogP contribution is 2.35. The van der Waals surface area contributed by atoms with Crippen molar-refractivity contribution in [3.8, 4) is 5.75 Å². The summed E-state index contributed by atoms with van der Waals surface area (Å²) in [6.45, 7) is 2.27. The van der Waals surface area contributed by atoms with Gasteiger partial charge in [-0.3, -0.25) is 0 Å². The second-order valence-electron chi connectivity index (χ2n) is 6.38. The van der Waals surface area contributed by atoms with Crippen LogP contribution in [0.1, 0.15) is 44.2 Å². The monoisotopic (exact) mass is 274 g/mol. The van der Waals surface area contributed by atoms with Gasteiger partial charge in [0.1, 0.15) is 5.75 Å². The van der Waals surface area contributed by atoms with Gasteiger partial charge in [0.15, 0.2) is 0 Å². The number of piperidine rings is 1. The Kier molecular flexibility index (Phi) is 3.99. The molecule has 3 nitrogen and oxygen atoms in total. The third kappa shape index (κ3) is 2.70. The summed E-state index contributed by atoms with van der Waals surface area (Å²) in [4.78, 5) is 2.59. The molecule has 20 heavy (non-hydrogen) atoms. The van der Waals surface area contributed by atoms with Crippen LogP contribution < -0.4 is 10.1 Å². The van der Waals surface area contributed by atoms with E-state index in [1.54, 1.807) is 7.11 Å². The molecule has 2 aliphatic heterocycles. The zero-order valence-electron chi connectivity index (χ0n) is 12.8. The van der Waals surface area contributed by atoms with Crippen LogP contribution >= 0.6 is 0 Å². The van der Waals surface area contributed by atoms with E-state index in [0.717, 1.165) is 17.8 Å². The predicted octanol–water partition coefficient (Wildman–Crippen LogP) is 2.97. The highest BCUT2D eigenvalue weighted by atomic mass is 16.5. The third-order valence-electron chi connectivity index (χ3n) is 5.20. The number of nitrogens with zero attached hydrogens (tertiary/aromatic N) is 1. The number of hydrogen-bond donors (Lipinski definition) is 1. The Morgan fingerprint density at radius 1 is 1.15 bits per heavy atom. The first-order valence-corrected chi connectivity index (χ1v) is 7.79. The fourth-order valence-electron chi connectivity index (χ4n) is 3.89. The van der Waals surface area contributed by atoms with Gasteiger partial charge in [-0.2, -0.15) is 0 Å². The van der Waals surface area contributed by atoms with Gasteiger partial charge in [-0.15, -0.1) is 0 Å². The van der Waals surface area contributed by atoms with E-state index in [-0.39, 0.29) is 0 Å². The molecule has 2 fully saturated rings. The molecule has 2 saturated heterocycles. The molecule has 1 aromatic rings. The quantitative estimate of drug-likeness (QED) is 0.913. The molecule has 3 unspecified atom stereocenters. The molecule has 1 aromatic carbocycles. The van der Waals surface area contributed by atoms with Gasteiger partial charge in [0.05, 0.1) is 7.11 Å². The van der Waals surface area contributed by atoms with Crippen LogP contribution in [0.2, 0.25) is 0 Å². The molecular weight excluding hydrogens is 248 g/mol. The third-order valence-corrected chi connectivity index (χ3v) is 5.20. The number of benzene rings is 1. The smallest absolute Gasteiger partial charge is 0.118 e. The number of nitrogens with one attached hydrogen (secondary N) is 1. The van der Waals surface area contributed by atoms with Crippen molar-refractivity contribution in [3.63, 3.8) is 0 Å². The number of fused-ring (bicyclic) bond motifs is 2.